The molecule has 1 aliphatic heterocycles. The van der Waals surface area contributed by atoms with E-state index in [1.807, 2.05) is 0 Å². The van der Waals surface area contributed by atoms with Crippen LogP contribution in [0.3, 0.4) is 0 Å². The molecule has 1 aliphatic rings. The predicted molar refractivity (Wildman–Crippen MR) is 177 cm³/mol. The fourth-order valence-electron chi connectivity index (χ4n) is 7.75. The Morgan fingerprint density at radius 2 is 1.33 bits per heavy atom. The van der Waals surface area contributed by atoms with Crippen molar-refractivity contribution in [2.45, 2.75) is 171 Å². The van der Waals surface area contributed by atoms with Gasteiger partial charge in [-0.1, -0.05) is 0 Å². The summed E-state index contributed by atoms with van der Waals surface area (Å²) in [6, 6.07) is 0. The first-order valence-corrected chi connectivity index (χ1v) is 20.4. The second-order valence-electron chi connectivity index (χ2n) is 13.8. The van der Waals surface area contributed by atoms with Gasteiger partial charge in [-0.3, -0.25) is 0 Å². The average molecular weight is 610 g/mol. The fourth-order valence-corrected chi connectivity index (χ4v) is 15.5. The second kappa shape index (κ2) is 16.8. The summed E-state index contributed by atoms with van der Waals surface area (Å²) in [4.78, 5) is 0. The summed E-state index contributed by atoms with van der Waals surface area (Å²) in [5.74, 6) is 0.773. The van der Waals surface area contributed by atoms with Crippen molar-refractivity contribution in [1.82, 2.24) is 0 Å². The van der Waals surface area contributed by atoms with Gasteiger partial charge in [0.25, 0.3) is 0 Å². The number of alkyl halides is 2. The van der Waals surface area contributed by atoms with E-state index >= 15 is 0 Å². The summed E-state index contributed by atoms with van der Waals surface area (Å²) in [6.07, 6.45) is 24.0. The van der Waals surface area contributed by atoms with Crippen molar-refractivity contribution >= 4 is 33.2 Å². The first-order chi connectivity index (χ1) is 17.0. The summed E-state index contributed by atoms with van der Waals surface area (Å²) in [5.41, 5.74) is 8.64. The van der Waals surface area contributed by atoms with Gasteiger partial charge in [-0.2, -0.15) is 0 Å². The molecule has 0 aliphatic carbocycles. The third-order valence-corrected chi connectivity index (χ3v) is 15.5. The summed E-state index contributed by atoms with van der Waals surface area (Å²) < 4.78 is 2.78. The van der Waals surface area contributed by atoms with Gasteiger partial charge in [-0.25, -0.2) is 0 Å². The van der Waals surface area contributed by atoms with E-state index < -0.39 is 19.6 Å². The molecule has 210 valence electrons. The molecule has 4 atom stereocenters. The number of hydrogen-bond acceptors (Lipinski definition) is 0. The zero-order valence-electron chi connectivity index (χ0n) is 26.3. The molecule has 0 saturated carbocycles. The van der Waals surface area contributed by atoms with Crippen LogP contribution in [0.1, 0.15) is 165 Å². The Balaban J connectivity index is 3.39. The molecule has 4 radical (unpaired) electrons. The Hall–Kier alpha value is 0.860. The van der Waals surface area contributed by atoms with Gasteiger partial charge in [0.15, 0.2) is 0 Å². The Morgan fingerprint density at radius 3 is 1.89 bits per heavy atom. The van der Waals surface area contributed by atoms with Crippen LogP contribution in [0.2, 0.25) is 6.32 Å². The molecule has 36 heavy (non-hydrogen) atoms. The quantitative estimate of drug-likeness (QED) is 0.0525. The molecule has 0 spiro atoms. The Labute approximate surface area is 239 Å². The zero-order valence-corrected chi connectivity index (χ0v) is 28.4. The molecule has 0 bridgehead atoms. The van der Waals surface area contributed by atoms with E-state index in [1.54, 1.807) is 0 Å². The average Bonchev–Trinajstić information content (AvgIpc) is 3.15. The first-order valence-electron chi connectivity index (χ1n) is 16.1. The van der Waals surface area contributed by atoms with Gasteiger partial charge in [0.05, 0.1) is 0 Å². The number of halogens is 1. The van der Waals surface area contributed by atoms with Crippen LogP contribution in [0.5, 0.6) is 0 Å². The van der Waals surface area contributed by atoms with E-state index in [2.05, 4.69) is 55.4 Å². The predicted octanol–water partition coefficient (Wildman–Crippen LogP) is 11.5. The van der Waals surface area contributed by atoms with Crippen molar-refractivity contribution in [3.05, 3.63) is 0 Å². The van der Waals surface area contributed by atoms with Crippen LogP contribution >= 0.6 is 19.6 Å². The molecule has 1 fully saturated rings. The molecule has 0 aromatic rings. The molecule has 0 amide bonds. The van der Waals surface area contributed by atoms with Gasteiger partial charge in [-0.05, 0) is 0 Å². The maximum absolute atomic E-state index is 7.19. The maximum atomic E-state index is 7.19. The zero-order chi connectivity index (χ0) is 27.3. The van der Waals surface area contributed by atoms with E-state index in [9.17, 15) is 0 Å². The first kappa shape index (κ1) is 34.9. The van der Waals surface area contributed by atoms with Crippen molar-refractivity contribution in [3.63, 3.8) is 0 Å². The Bertz CT molecular complexity index is 572. The van der Waals surface area contributed by atoms with Crippen molar-refractivity contribution < 1.29 is 0 Å². The molecule has 0 aromatic carbocycles. The Kier molecular flexibility index (Phi) is 16.3. The molecule has 0 aromatic heterocycles. The topological polar surface area (TPSA) is 0 Å². The van der Waals surface area contributed by atoms with Crippen LogP contribution in [0.15, 0.2) is 0 Å². The van der Waals surface area contributed by atoms with Gasteiger partial charge >= 0.3 is 240 Å². The van der Waals surface area contributed by atoms with Crippen LogP contribution in [-0.2, 0) is 0 Å². The van der Waals surface area contributed by atoms with Crippen LogP contribution < -0.4 is 0 Å². The molecule has 0 nitrogen and oxygen atoms in total. The monoisotopic (exact) mass is 610 g/mol. The number of hydrogen-bond donors (Lipinski definition) is 0. The summed E-state index contributed by atoms with van der Waals surface area (Å²) in [7, 11) is 6.38. The van der Waals surface area contributed by atoms with Gasteiger partial charge in [0, 0.05) is 0 Å². The molecular weight excluding hydrogens is 545 g/mol. The fraction of sp³-hybridized carbons (Fsp3) is 1.00. The van der Waals surface area contributed by atoms with Crippen LogP contribution in [0.4, 0.5) is 0 Å². The van der Waals surface area contributed by atoms with Crippen molar-refractivity contribution in [3.8, 4) is 0 Å². The second-order valence-corrected chi connectivity index (χ2v) is 18.1. The molecule has 1 heterocycles. The van der Waals surface area contributed by atoms with Gasteiger partial charge < -0.3 is 0 Å². The molecule has 1 rings (SSSR count). The Morgan fingerprint density at radius 1 is 0.750 bits per heavy atom. The van der Waals surface area contributed by atoms with E-state index in [-0.39, 0.29) is 5.41 Å². The SMILES string of the molecule is [B]CC(C)(CC)CCC1(C(C)CCCCC)CI([B])C[C@@]1(CCCCCCCCC)C(C)(C)CCC. The minimum atomic E-state index is -1.43. The normalized spacial score (nSPS) is 26.3. The third kappa shape index (κ3) is 8.94. The van der Waals surface area contributed by atoms with Gasteiger partial charge in [-0.15, -0.1) is 0 Å². The van der Waals surface area contributed by atoms with Crippen LogP contribution in [0, 0.1) is 27.6 Å². The molecule has 0 N–H and O–H groups in total. The molecule has 1 saturated heterocycles. The van der Waals surface area contributed by atoms with Crippen molar-refractivity contribution in [2.24, 2.45) is 27.6 Å². The molecule has 3 unspecified atom stereocenters. The van der Waals surface area contributed by atoms with Crippen molar-refractivity contribution in [1.29, 1.82) is 0 Å². The number of rotatable bonds is 21. The van der Waals surface area contributed by atoms with Gasteiger partial charge in [0.1, 0.15) is 0 Å². The van der Waals surface area contributed by atoms with Crippen LogP contribution in [-0.4, -0.2) is 22.4 Å². The summed E-state index contributed by atoms with van der Waals surface area (Å²) in [5, 5.41) is 0. The van der Waals surface area contributed by atoms with Crippen LogP contribution in [0.25, 0.3) is 0 Å². The third-order valence-electron chi connectivity index (χ3n) is 10.8. The van der Waals surface area contributed by atoms with E-state index in [1.165, 1.54) is 118 Å². The number of unbranched alkanes of at least 4 members (excludes halogenated alkanes) is 8. The summed E-state index contributed by atoms with van der Waals surface area (Å²) in [6.45, 7) is 19.8. The minimum absolute atomic E-state index is 0.270. The van der Waals surface area contributed by atoms with E-state index in [0.29, 0.717) is 16.2 Å². The van der Waals surface area contributed by atoms with Crippen molar-refractivity contribution in [2.75, 3.05) is 8.86 Å². The standard InChI is InChI=1S/C33H65B2I/c1-9-13-15-16-17-18-20-23-33(30(6,7)22-11-3)28-36(35)27-32(33,29(5)21-19-14-10-2)25-24-31(8,12-4)26-34/h29H,9-28H2,1-8H3/t29?,31?,32?,33-/m0/s1. The molecular formula is C33H65B2I. The van der Waals surface area contributed by atoms with E-state index in [0.717, 1.165) is 12.2 Å². The van der Waals surface area contributed by atoms with Gasteiger partial charge in [0.2, 0.25) is 0 Å². The van der Waals surface area contributed by atoms with E-state index in [4.69, 9.17) is 13.5 Å². The summed E-state index contributed by atoms with van der Waals surface area (Å²) >= 11 is -1.43. The molecule has 3 heteroatoms.